The van der Waals surface area contributed by atoms with Crippen molar-refractivity contribution in [3.05, 3.63) is 121 Å². The van der Waals surface area contributed by atoms with Crippen molar-refractivity contribution in [1.82, 2.24) is 0 Å². The van der Waals surface area contributed by atoms with Crippen LogP contribution in [0.3, 0.4) is 0 Å². The summed E-state index contributed by atoms with van der Waals surface area (Å²) in [4.78, 5) is 0. The summed E-state index contributed by atoms with van der Waals surface area (Å²) in [7, 11) is -1.15. The van der Waals surface area contributed by atoms with Crippen molar-refractivity contribution in [2.75, 3.05) is 12.8 Å². The van der Waals surface area contributed by atoms with E-state index >= 15 is 0 Å². The van der Waals surface area contributed by atoms with E-state index in [1.54, 1.807) is 0 Å². The van der Waals surface area contributed by atoms with E-state index in [1.807, 2.05) is 0 Å². The third-order valence-electron chi connectivity index (χ3n) is 4.86. The zero-order valence-electron chi connectivity index (χ0n) is 17.0. The van der Waals surface area contributed by atoms with Gasteiger partial charge in [0.2, 0.25) is 0 Å². The second-order valence-electron chi connectivity index (χ2n) is 6.97. The molecule has 0 bridgehead atoms. The molecule has 0 saturated carbocycles. The summed E-state index contributed by atoms with van der Waals surface area (Å²) in [5.74, 6) is 0. The van der Waals surface area contributed by atoms with Crippen LogP contribution in [0.1, 0.15) is 6.42 Å². The van der Waals surface area contributed by atoms with Gasteiger partial charge in [0, 0.05) is 10.6 Å². The van der Waals surface area contributed by atoms with Crippen LogP contribution in [-0.2, 0) is 4.52 Å². The SMILES string of the molecule is c1ccc(P(CCCOP(c2ccccc2)c2ccccc2)c2ccccc2)cc1. The van der Waals surface area contributed by atoms with Crippen LogP contribution in [0, 0.1) is 0 Å². The summed E-state index contributed by atoms with van der Waals surface area (Å²) in [6.45, 7) is 0.772. The molecule has 0 atom stereocenters. The molecule has 0 spiro atoms. The number of rotatable bonds is 9. The third-order valence-corrected chi connectivity index (χ3v) is 9.45. The van der Waals surface area contributed by atoms with E-state index in [0.29, 0.717) is 0 Å². The average molecular weight is 428 g/mol. The molecule has 1 nitrogen and oxygen atoms in total. The maximum atomic E-state index is 6.51. The summed E-state index contributed by atoms with van der Waals surface area (Å²) in [6.07, 6.45) is 2.18. The van der Waals surface area contributed by atoms with Crippen LogP contribution in [0.15, 0.2) is 121 Å². The monoisotopic (exact) mass is 428 g/mol. The molecule has 0 aliphatic heterocycles. The van der Waals surface area contributed by atoms with E-state index in [-0.39, 0.29) is 7.92 Å². The molecule has 0 N–H and O–H groups in total. The summed E-state index contributed by atoms with van der Waals surface area (Å²) < 4.78 is 6.51. The minimum absolute atomic E-state index is 0.363. The van der Waals surface area contributed by atoms with Crippen molar-refractivity contribution in [2.45, 2.75) is 6.42 Å². The van der Waals surface area contributed by atoms with Crippen molar-refractivity contribution >= 4 is 37.3 Å². The number of hydrogen-bond acceptors (Lipinski definition) is 1. The molecule has 4 aromatic rings. The minimum Gasteiger partial charge on any atom is -0.350 e. The summed E-state index contributed by atoms with van der Waals surface area (Å²) in [5.41, 5.74) is 0. The Hall–Kier alpha value is -2.30. The first-order chi connectivity index (χ1) is 14.9. The molecule has 4 rings (SSSR count). The molecule has 4 aromatic carbocycles. The van der Waals surface area contributed by atoms with Crippen LogP contribution in [0.2, 0.25) is 0 Å². The standard InChI is InChI=1S/C27H26OP2/c1-5-14-24(15-6-1)29(25-16-7-2-8-17-25)23-13-22-28-30(26-18-9-3-10-19-26)27-20-11-4-12-21-27/h1-12,14-21H,13,22-23H2. The van der Waals surface area contributed by atoms with Gasteiger partial charge in [-0.25, -0.2) is 0 Å². The van der Waals surface area contributed by atoms with Crippen LogP contribution in [0.25, 0.3) is 0 Å². The van der Waals surface area contributed by atoms with Gasteiger partial charge in [0.05, 0.1) is 14.8 Å². The van der Waals surface area contributed by atoms with E-state index in [9.17, 15) is 0 Å². The van der Waals surface area contributed by atoms with Gasteiger partial charge in [-0.1, -0.05) is 121 Å². The molecule has 3 heteroatoms. The first-order valence-corrected chi connectivity index (χ1v) is 13.1. The lowest BCUT2D eigenvalue weighted by Gasteiger charge is -2.21. The normalized spacial score (nSPS) is 11.1. The number of benzene rings is 4. The molecule has 0 aliphatic rings. The molecule has 0 unspecified atom stereocenters. The second-order valence-corrected chi connectivity index (χ2v) is 11.2. The molecular formula is C27H26OP2. The van der Waals surface area contributed by atoms with E-state index in [4.69, 9.17) is 4.52 Å². The Morgan fingerprint density at radius 2 is 0.833 bits per heavy atom. The Kier molecular flexibility index (Phi) is 7.81. The van der Waals surface area contributed by atoms with Crippen LogP contribution >= 0.6 is 16.1 Å². The Bertz CT molecular complexity index is 828. The highest BCUT2D eigenvalue weighted by atomic mass is 31.1. The van der Waals surface area contributed by atoms with Crippen LogP contribution in [0.4, 0.5) is 0 Å². The molecule has 0 saturated heterocycles. The fourth-order valence-electron chi connectivity index (χ4n) is 3.43. The predicted octanol–water partition coefficient (Wildman–Crippen LogP) is 5.57. The quantitative estimate of drug-likeness (QED) is 0.250. The van der Waals surface area contributed by atoms with E-state index in [1.165, 1.54) is 21.2 Å². The minimum atomic E-state index is -0.783. The zero-order chi connectivity index (χ0) is 20.4. The van der Waals surface area contributed by atoms with Crippen molar-refractivity contribution in [3.8, 4) is 0 Å². The first kappa shape index (κ1) is 21.0. The van der Waals surface area contributed by atoms with Gasteiger partial charge in [-0.3, -0.25) is 0 Å². The first-order valence-electron chi connectivity index (χ1n) is 10.3. The fraction of sp³-hybridized carbons (Fsp3) is 0.111. The summed E-state index contributed by atoms with van der Waals surface area (Å²) >= 11 is 0. The topological polar surface area (TPSA) is 9.23 Å². The van der Waals surface area contributed by atoms with Gasteiger partial charge in [-0.05, 0) is 31.1 Å². The Balaban J connectivity index is 1.45. The van der Waals surface area contributed by atoms with Crippen molar-refractivity contribution in [3.63, 3.8) is 0 Å². The highest BCUT2D eigenvalue weighted by Crippen LogP contribution is 2.37. The van der Waals surface area contributed by atoms with Crippen molar-refractivity contribution in [1.29, 1.82) is 0 Å². The Morgan fingerprint density at radius 1 is 0.467 bits per heavy atom. The molecule has 150 valence electrons. The van der Waals surface area contributed by atoms with Gasteiger partial charge >= 0.3 is 0 Å². The lowest BCUT2D eigenvalue weighted by molar-refractivity contribution is 0.362. The number of hydrogen-bond donors (Lipinski definition) is 0. The molecule has 0 aliphatic carbocycles. The van der Waals surface area contributed by atoms with Crippen LogP contribution in [0.5, 0.6) is 0 Å². The highest BCUT2D eigenvalue weighted by molar-refractivity contribution is 7.73. The predicted molar refractivity (Wildman–Crippen MR) is 134 cm³/mol. The van der Waals surface area contributed by atoms with Gasteiger partial charge < -0.3 is 4.52 Å². The molecule has 0 radical (unpaired) electrons. The zero-order valence-corrected chi connectivity index (χ0v) is 18.8. The van der Waals surface area contributed by atoms with Crippen LogP contribution in [-0.4, -0.2) is 12.8 Å². The van der Waals surface area contributed by atoms with Crippen molar-refractivity contribution in [2.24, 2.45) is 0 Å². The lowest BCUT2D eigenvalue weighted by Crippen LogP contribution is -2.16. The maximum Gasteiger partial charge on any atom is 0.0917 e. The molecule has 0 aromatic heterocycles. The molecular weight excluding hydrogens is 402 g/mol. The molecule has 0 heterocycles. The highest BCUT2D eigenvalue weighted by Gasteiger charge is 2.16. The molecule has 0 amide bonds. The van der Waals surface area contributed by atoms with Gasteiger partial charge in [-0.2, -0.15) is 0 Å². The van der Waals surface area contributed by atoms with Gasteiger partial charge in [0.1, 0.15) is 0 Å². The molecule has 0 fully saturated rings. The second kappa shape index (κ2) is 11.2. The maximum absolute atomic E-state index is 6.51. The van der Waals surface area contributed by atoms with E-state index in [2.05, 4.69) is 121 Å². The van der Waals surface area contributed by atoms with Gasteiger partial charge in [0.15, 0.2) is 0 Å². The molecule has 30 heavy (non-hydrogen) atoms. The van der Waals surface area contributed by atoms with Gasteiger partial charge in [0.25, 0.3) is 0 Å². The summed E-state index contributed by atoms with van der Waals surface area (Å²) in [5, 5.41) is 5.42. The Labute approximate surface area is 182 Å². The van der Waals surface area contributed by atoms with E-state index in [0.717, 1.165) is 19.2 Å². The Morgan fingerprint density at radius 3 is 1.23 bits per heavy atom. The largest absolute Gasteiger partial charge is 0.350 e. The average Bonchev–Trinajstić information content (AvgIpc) is 2.84. The van der Waals surface area contributed by atoms with Crippen molar-refractivity contribution < 1.29 is 4.52 Å². The van der Waals surface area contributed by atoms with E-state index < -0.39 is 8.15 Å². The summed E-state index contributed by atoms with van der Waals surface area (Å²) in [6, 6.07) is 43.1. The van der Waals surface area contributed by atoms with Gasteiger partial charge in [-0.15, -0.1) is 0 Å². The smallest absolute Gasteiger partial charge is 0.0917 e. The third kappa shape index (κ3) is 5.65. The lowest BCUT2D eigenvalue weighted by atomic mass is 10.4. The fourth-order valence-corrected chi connectivity index (χ4v) is 7.54. The van der Waals surface area contributed by atoms with Crippen LogP contribution < -0.4 is 21.2 Å².